The minimum absolute atomic E-state index is 0.940. The number of allylic oxidation sites excluding steroid dienone is 4. The van der Waals surface area contributed by atoms with Crippen molar-refractivity contribution in [2.75, 3.05) is 13.1 Å². The van der Waals surface area contributed by atoms with Crippen molar-refractivity contribution in [3.05, 3.63) is 49.1 Å². The summed E-state index contributed by atoms with van der Waals surface area (Å²) in [6.45, 7) is 15.3. The van der Waals surface area contributed by atoms with Gasteiger partial charge in [-0.3, -0.25) is 0 Å². The Bertz CT molecular complexity index is 199. The van der Waals surface area contributed by atoms with Crippen LogP contribution in [0.15, 0.2) is 49.1 Å². The van der Waals surface area contributed by atoms with E-state index in [1.54, 1.807) is 6.08 Å². The van der Waals surface area contributed by atoms with Crippen LogP contribution in [0.25, 0.3) is 0 Å². The third-order valence-corrected chi connectivity index (χ3v) is 1.56. The number of rotatable bonds is 7. The molecule has 0 bridgehead atoms. The van der Waals surface area contributed by atoms with Crippen LogP contribution in [0.4, 0.5) is 0 Å². The Morgan fingerprint density at radius 1 is 1.20 bits per heavy atom. The molecule has 0 saturated heterocycles. The largest absolute Gasteiger partial charge is 0.313 e. The van der Waals surface area contributed by atoms with Crippen LogP contribution in [-0.2, 0) is 0 Å². The molecule has 15 heavy (non-hydrogen) atoms. The lowest BCUT2D eigenvalue weighted by molar-refractivity contribution is 0.739. The number of hydrogen-bond acceptors (Lipinski definition) is 1. The molecule has 0 rings (SSSR count). The van der Waals surface area contributed by atoms with Crippen LogP contribution in [0.1, 0.15) is 27.2 Å². The maximum atomic E-state index is 3.66. The molecule has 86 valence electrons. The van der Waals surface area contributed by atoms with Crippen LogP contribution < -0.4 is 5.32 Å². The summed E-state index contributed by atoms with van der Waals surface area (Å²) < 4.78 is 0. The van der Waals surface area contributed by atoms with Crippen molar-refractivity contribution in [2.24, 2.45) is 0 Å². The van der Waals surface area contributed by atoms with Crippen molar-refractivity contribution in [3.8, 4) is 0 Å². The van der Waals surface area contributed by atoms with Gasteiger partial charge >= 0.3 is 0 Å². The second-order valence-corrected chi connectivity index (χ2v) is 2.89. The minimum Gasteiger partial charge on any atom is -0.313 e. The molecule has 0 aromatic heterocycles. The van der Waals surface area contributed by atoms with Crippen molar-refractivity contribution in [1.29, 1.82) is 0 Å². The predicted molar refractivity (Wildman–Crippen MR) is 72.1 cm³/mol. The van der Waals surface area contributed by atoms with Crippen LogP contribution >= 0.6 is 0 Å². The second-order valence-electron chi connectivity index (χ2n) is 2.89. The summed E-state index contributed by atoms with van der Waals surface area (Å²) in [7, 11) is 0. The molecule has 0 aliphatic heterocycles. The topological polar surface area (TPSA) is 12.0 Å². The second kappa shape index (κ2) is 15.4. The van der Waals surface area contributed by atoms with E-state index in [1.165, 1.54) is 5.57 Å². The van der Waals surface area contributed by atoms with Crippen molar-refractivity contribution < 1.29 is 0 Å². The first kappa shape index (κ1) is 16.4. The highest BCUT2D eigenvalue weighted by atomic mass is 14.8. The molecule has 0 spiro atoms. The quantitative estimate of drug-likeness (QED) is 0.380. The normalized spacial score (nSPS) is 10.7. The van der Waals surface area contributed by atoms with Gasteiger partial charge < -0.3 is 5.32 Å². The van der Waals surface area contributed by atoms with Gasteiger partial charge in [0.1, 0.15) is 0 Å². The van der Waals surface area contributed by atoms with Crippen molar-refractivity contribution in [2.45, 2.75) is 27.2 Å². The minimum atomic E-state index is 0.940. The first-order chi connectivity index (χ1) is 7.31. The lowest BCUT2D eigenvalue weighted by atomic mass is 10.2. The first-order valence-electron chi connectivity index (χ1n) is 5.57. The zero-order chi connectivity index (χ0) is 11.9. The molecule has 0 saturated carbocycles. The molecular formula is C14H25N. The summed E-state index contributed by atoms with van der Waals surface area (Å²) in [6, 6.07) is 0. The molecule has 0 heterocycles. The molecule has 0 aliphatic carbocycles. The van der Waals surface area contributed by atoms with Gasteiger partial charge in [-0.2, -0.15) is 0 Å². The highest BCUT2D eigenvalue weighted by molar-refractivity contribution is 5.14. The summed E-state index contributed by atoms with van der Waals surface area (Å²) in [5.74, 6) is 0. The van der Waals surface area contributed by atoms with Crippen molar-refractivity contribution in [3.63, 3.8) is 0 Å². The van der Waals surface area contributed by atoms with Crippen LogP contribution in [0.2, 0.25) is 0 Å². The molecule has 0 fully saturated rings. The van der Waals surface area contributed by atoms with E-state index in [0.717, 1.165) is 19.5 Å². The summed E-state index contributed by atoms with van der Waals surface area (Å²) in [5, 5.41) is 3.31. The Morgan fingerprint density at radius 3 is 2.40 bits per heavy atom. The van der Waals surface area contributed by atoms with Gasteiger partial charge in [-0.1, -0.05) is 56.4 Å². The molecule has 0 aliphatic rings. The molecular weight excluding hydrogens is 182 g/mol. The lowest BCUT2D eigenvalue weighted by Crippen LogP contribution is -2.16. The lowest BCUT2D eigenvalue weighted by Gasteiger charge is -2.01. The average molecular weight is 207 g/mol. The van der Waals surface area contributed by atoms with E-state index in [4.69, 9.17) is 0 Å². The van der Waals surface area contributed by atoms with Crippen molar-refractivity contribution >= 4 is 0 Å². The number of hydrogen-bond donors (Lipinski definition) is 1. The SMILES string of the molecule is C=C/C=C\C=C(/C)CNCCC=C.CC. The van der Waals surface area contributed by atoms with Gasteiger partial charge in [0, 0.05) is 6.54 Å². The Hall–Kier alpha value is -1.08. The fraction of sp³-hybridized carbons (Fsp3) is 0.429. The van der Waals surface area contributed by atoms with E-state index in [1.807, 2.05) is 32.1 Å². The highest BCUT2D eigenvalue weighted by Gasteiger charge is 1.86. The van der Waals surface area contributed by atoms with Gasteiger partial charge in [0.05, 0.1) is 0 Å². The van der Waals surface area contributed by atoms with Gasteiger partial charge in [0.25, 0.3) is 0 Å². The van der Waals surface area contributed by atoms with Crippen LogP contribution in [0.3, 0.4) is 0 Å². The molecule has 0 amide bonds. The third kappa shape index (κ3) is 15.7. The highest BCUT2D eigenvalue weighted by Crippen LogP contribution is 1.91. The van der Waals surface area contributed by atoms with E-state index < -0.39 is 0 Å². The molecule has 0 atom stereocenters. The van der Waals surface area contributed by atoms with Gasteiger partial charge in [0.2, 0.25) is 0 Å². The summed E-state index contributed by atoms with van der Waals surface area (Å²) in [5.41, 5.74) is 1.32. The Kier molecular flexibility index (Phi) is 16.8. The molecule has 0 unspecified atom stereocenters. The molecule has 0 aromatic rings. The Balaban J connectivity index is 0. The zero-order valence-corrected chi connectivity index (χ0v) is 10.4. The standard InChI is InChI=1S/C12H19N.C2H6/c1-4-6-8-9-12(3)11-13-10-7-5-2;1-2/h4-6,8-9,13H,1-2,7,10-11H2,3H3;1-2H3/b8-6-,12-9+;. The summed E-state index contributed by atoms with van der Waals surface area (Å²) in [4.78, 5) is 0. The van der Waals surface area contributed by atoms with Crippen molar-refractivity contribution in [1.82, 2.24) is 5.32 Å². The van der Waals surface area contributed by atoms with Crippen LogP contribution in [0, 0.1) is 0 Å². The summed E-state index contributed by atoms with van der Waals surface area (Å²) >= 11 is 0. The smallest absolute Gasteiger partial charge is 0.0165 e. The van der Waals surface area contributed by atoms with Crippen LogP contribution in [-0.4, -0.2) is 13.1 Å². The van der Waals surface area contributed by atoms with E-state index in [9.17, 15) is 0 Å². The molecule has 0 radical (unpaired) electrons. The molecule has 1 nitrogen and oxygen atoms in total. The first-order valence-corrected chi connectivity index (χ1v) is 5.57. The van der Waals surface area contributed by atoms with E-state index in [2.05, 4.69) is 31.5 Å². The van der Waals surface area contributed by atoms with E-state index in [0.29, 0.717) is 0 Å². The van der Waals surface area contributed by atoms with Gasteiger partial charge in [-0.25, -0.2) is 0 Å². The Morgan fingerprint density at radius 2 is 1.87 bits per heavy atom. The number of nitrogens with one attached hydrogen (secondary N) is 1. The zero-order valence-electron chi connectivity index (χ0n) is 10.4. The van der Waals surface area contributed by atoms with Gasteiger partial charge in [-0.15, -0.1) is 6.58 Å². The maximum Gasteiger partial charge on any atom is 0.0165 e. The monoisotopic (exact) mass is 207 g/mol. The maximum absolute atomic E-state index is 3.66. The molecule has 1 heteroatoms. The Labute approximate surface area is 95.3 Å². The fourth-order valence-corrected chi connectivity index (χ4v) is 0.847. The van der Waals surface area contributed by atoms with E-state index >= 15 is 0 Å². The fourth-order valence-electron chi connectivity index (χ4n) is 0.847. The molecule has 1 N–H and O–H groups in total. The third-order valence-electron chi connectivity index (χ3n) is 1.56. The molecule has 0 aromatic carbocycles. The summed E-state index contributed by atoms with van der Waals surface area (Å²) in [6.07, 6.45) is 10.7. The van der Waals surface area contributed by atoms with E-state index in [-0.39, 0.29) is 0 Å². The van der Waals surface area contributed by atoms with Gasteiger partial charge in [0.15, 0.2) is 0 Å². The van der Waals surface area contributed by atoms with Gasteiger partial charge in [-0.05, 0) is 19.9 Å². The average Bonchev–Trinajstić information content (AvgIpc) is 2.28. The predicted octanol–water partition coefficient (Wildman–Crippen LogP) is 3.87. The van der Waals surface area contributed by atoms with Crippen LogP contribution in [0.5, 0.6) is 0 Å².